The lowest BCUT2D eigenvalue weighted by Crippen LogP contribution is -2.31. The third kappa shape index (κ3) is 5.25. The van der Waals surface area contributed by atoms with Crippen LogP contribution in [0.4, 0.5) is 13.2 Å². The Kier molecular flexibility index (Phi) is 5.95. The zero-order valence-electron chi connectivity index (χ0n) is 17.1. The molecule has 0 spiro atoms. The number of carbonyl (C=O) groups excluding carboxylic acids is 1. The summed E-state index contributed by atoms with van der Waals surface area (Å²) >= 11 is 0. The number of alkyl halides is 3. The predicted octanol–water partition coefficient (Wildman–Crippen LogP) is 4.99. The molecule has 9 heteroatoms. The van der Waals surface area contributed by atoms with Crippen molar-refractivity contribution in [3.63, 3.8) is 0 Å². The third-order valence-electron chi connectivity index (χ3n) is 5.08. The van der Waals surface area contributed by atoms with E-state index in [1.165, 1.54) is 36.4 Å². The summed E-state index contributed by atoms with van der Waals surface area (Å²) < 4.78 is 46.8. The molecule has 0 aliphatic carbocycles. The van der Waals surface area contributed by atoms with E-state index in [9.17, 15) is 27.9 Å². The Hall–Kier alpha value is -4.01. The summed E-state index contributed by atoms with van der Waals surface area (Å²) in [4.78, 5) is 26.0. The molecule has 0 fully saturated rings. The van der Waals surface area contributed by atoms with Gasteiger partial charge < -0.3 is 19.5 Å². The van der Waals surface area contributed by atoms with Gasteiger partial charge in [-0.05, 0) is 53.1 Å². The van der Waals surface area contributed by atoms with Crippen LogP contribution in [-0.2, 0) is 6.54 Å². The first-order valence-electron chi connectivity index (χ1n) is 9.94. The fraction of sp³-hybridized carbons (Fsp3) is 0.167. The normalized spacial score (nSPS) is 13.7. The number of benzene rings is 3. The summed E-state index contributed by atoms with van der Waals surface area (Å²) in [5.74, 6) is -1.27. The van der Waals surface area contributed by atoms with E-state index < -0.39 is 12.3 Å². The van der Waals surface area contributed by atoms with E-state index in [1.54, 1.807) is 35.2 Å². The number of rotatable bonds is 5. The molecule has 0 saturated heterocycles. The Balaban J connectivity index is 1.58. The number of nitrogens with zero attached hydrogens (tertiary/aromatic N) is 1. The van der Waals surface area contributed by atoms with Crippen LogP contribution in [0.5, 0.6) is 11.5 Å². The molecule has 33 heavy (non-hydrogen) atoms. The minimum absolute atomic E-state index is 0.131. The van der Waals surface area contributed by atoms with Gasteiger partial charge in [0.1, 0.15) is 18.1 Å². The molecule has 6 nitrogen and oxygen atoms in total. The number of carboxylic acids is 1. The van der Waals surface area contributed by atoms with E-state index in [1.807, 2.05) is 0 Å². The lowest BCUT2D eigenvalue weighted by atomic mass is 10.0. The van der Waals surface area contributed by atoms with Gasteiger partial charge in [-0.1, -0.05) is 30.3 Å². The summed E-state index contributed by atoms with van der Waals surface area (Å²) in [5, 5.41) is 9.19. The first kappa shape index (κ1) is 22.2. The van der Waals surface area contributed by atoms with Gasteiger partial charge in [0, 0.05) is 6.54 Å². The number of halogens is 3. The van der Waals surface area contributed by atoms with Crippen molar-refractivity contribution < 1.29 is 37.3 Å². The molecule has 0 atom stereocenters. The van der Waals surface area contributed by atoms with Gasteiger partial charge in [0.2, 0.25) is 0 Å². The van der Waals surface area contributed by atoms with E-state index in [-0.39, 0.29) is 30.4 Å². The molecular formula is C24H18F3NO5. The van der Waals surface area contributed by atoms with Crippen molar-refractivity contribution >= 4 is 11.9 Å². The number of amides is 1. The smallest absolute Gasteiger partial charge is 0.491 e. The maximum Gasteiger partial charge on any atom is 0.573 e. The van der Waals surface area contributed by atoms with E-state index in [0.29, 0.717) is 34.5 Å². The Morgan fingerprint density at radius 1 is 1.03 bits per heavy atom. The van der Waals surface area contributed by atoms with E-state index in [0.717, 1.165) is 0 Å². The number of carbonyl (C=O) groups is 2. The van der Waals surface area contributed by atoms with Crippen molar-refractivity contribution in [2.24, 2.45) is 0 Å². The highest BCUT2D eigenvalue weighted by Gasteiger charge is 2.31. The molecular weight excluding hydrogens is 439 g/mol. The molecule has 3 aromatic rings. The minimum Gasteiger partial charge on any atom is -0.491 e. The highest BCUT2D eigenvalue weighted by atomic mass is 19.4. The number of aromatic carboxylic acids is 1. The van der Waals surface area contributed by atoms with Crippen LogP contribution < -0.4 is 9.47 Å². The number of ether oxygens (including phenoxy) is 2. The van der Waals surface area contributed by atoms with Gasteiger partial charge in [0.15, 0.2) is 0 Å². The number of fused-ring (bicyclic) bond motifs is 1. The molecule has 1 amide bonds. The monoisotopic (exact) mass is 457 g/mol. The fourth-order valence-corrected chi connectivity index (χ4v) is 3.56. The number of carboxylic acid groups (broad SMARTS) is 1. The van der Waals surface area contributed by atoms with Crippen LogP contribution in [0.25, 0.3) is 11.1 Å². The molecule has 1 aliphatic heterocycles. The number of hydrogen-bond acceptors (Lipinski definition) is 4. The summed E-state index contributed by atoms with van der Waals surface area (Å²) in [7, 11) is 0. The molecule has 1 heterocycles. The van der Waals surface area contributed by atoms with Crippen molar-refractivity contribution in [2.45, 2.75) is 12.9 Å². The van der Waals surface area contributed by atoms with Crippen LogP contribution in [0.3, 0.4) is 0 Å². The molecule has 0 radical (unpaired) electrons. The second kappa shape index (κ2) is 8.85. The molecule has 4 rings (SSSR count). The number of hydrogen-bond donors (Lipinski definition) is 1. The summed E-state index contributed by atoms with van der Waals surface area (Å²) in [5.41, 5.74) is 2.34. The molecule has 1 N–H and O–H groups in total. The SMILES string of the molecule is O=C(O)c1cccc(CN2CCOc3ccc(-c4ccc(OC(F)(F)F)cc4)cc3C2=O)c1. The highest BCUT2D eigenvalue weighted by Crippen LogP contribution is 2.31. The van der Waals surface area contributed by atoms with Crippen LogP contribution in [0.2, 0.25) is 0 Å². The summed E-state index contributed by atoms with van der Waals surface area (Å²) in [6.07, 6.45) is -4.78. The van der Waals surface area contributed by atoms with E-state index >= 15 is 0 Å². The van der Waals surface area contributed by atoms with Crippen molar-refractivity contribution in [1.82, 2.24) is 4.90 Å². The van der Waals surface area contributed by atoms with Crippen molar-refractivity contribution in [1.29, 1.82) is 0 Å². The van der Waals surface area contributed by atoms with Gasteiger partial charge in [-0.2, -0.15) is 0 Å². The van der Waals surface area contributed by atoms with Gasteiger partial charge in [-0.15, -0.1) is 13.2 Å². The zero-order chi connectivity index (χ0) is 23.6. The van der Waals surface area contributed by atoms with Crippen LogP contribution >= 0.6 is 0 Å². The lowest BCUT2D eigenvalue weighted by Gasteiger charge is -2.20. The van der Waals surface area contributed by atoms with Crippen molar-refractivity contribution in [3.05, 3.63) is 83.4 Å². The topological polar surface area (TPSA) is 76.1 Å². The van der Waals surface area contributed by atoms with Crippen LogP contribution in [0, 0.1) is 0 Å². The van der Waals surface area contributed by atoms with Gasteiger partial charge in [0.05, 0.1) is 17.7 Å². The molecule has 0 unspecified atom stereocenters. The Morgan fingerprint density at radius 2 is 1.76 bits per heavy atom. The van der Waals surface area contributed by atoms with E-state index in [2.05, 4.69) is 4.74 Å². The van der Waals surface area contributed by atoms with Crippen LogP contribution in [-0.4, -0.2) is 41.4 Å². The van der Waals surface area contributed by atoms with Crippen LogP contribution in [0.1, 0.15) is 26.3 Å². The standard InChI is InChI=1S/C24H18F3NO5/c25-24(26,27)33-19-7-4-16(5-8-19)17-6-9-21-20(13-17)22(29)28(10-11-32-21)14-15-2-1-3-18(12-15)23(30)31/h1-9,12-13H,10-11,14H2,(H,30,31). The highest BCUT2D eigenvalue weighted by molar-refractivity contribution is 5.98. The fourth-order valence-electron chi connectivity index (χ4n) is 3.56. The van der Waals surface area contributed by atoms with Gasteiger partial charge in [-0.3, -0.25) is 4.79 Å². The van der Waals surface area contributed by atoms with E-state index in [4.69, 9.17) is 4.74 Å². The third-order valence-corrected chi connectivity index (χ3v) is 5.08. The van der Waals surface area contributed by atoms with Gasteiger partial charge >= 0.3 is 12.3 Å². The first-order valence-corrected chi connectivity index (χ1v) is 9.94. The molecule has 1 aliphatic rings. The predicted molar refractivity (Wildman–Crippen MR) is 112 cm³/mol. The van der Waals surface area contributed by atoms with Gasteiger partial charge in [-0.25, -0.2) is 4.79 Å². The summed E-state index contributed by atoms with van der Waals surface area (Å²) in [6, 6.07) is 16.7. The molecule has 0 saturated carbocycles. The maximum atomic E-state index is 13.2. The van der Waals surface area contributed by atoms with Crippen molar-refractivity contribution in [3.8, 4) is 22.6 Å². The Bertz CT molecular complexity index is 1190. The molecule has 3 aromatic carbocycles. The summed E-state index contributed by atoms with van der Waals surface area (Å²) in [6.45, 7) is 0.778. The average Bonchev–Trinajstić information content (AvgIpc) is 2.92. The van der Waals surface area contributed by atoms with Crippen molar-refractivity contribution in [2.75, 3.05) is 13.2 Å². The second-order valence-corrected chi connectivity index (χ2v) is 7.36. The first-order chi connectivity index (χ1) is 15.7. The molecule has 0 bridgehead atoms. The quantitative estimate of drug-likeness (QED) is 0.585. The minimum atomic E-state index is -4.78. The van der Waals surface area contributed by atoms with Gasteiger partial charge in [0.25, 0.3) is 5.91 Å². The molecule has 0 aromatic heterocycles. The second-order valence-electron chi connectivity index (χ2n) is 7.36. The Morgan fingerprint density at radius 3 is 2.45 bits per heavy atom. The molecule has 170 valence electrons. The largest absolute Gasteiger partial charge is 0.573 e. The van der Waals surface area contributed by atoms with Crippen LogP contribution in [0.15, 0.2) is 66.7 Å². The zero-order valence-corrected chi connectivity index (χ0v) is 17.1. The lowest BCUT2D eigenvalue weighted by molar-refractivity contribution is -0.274. The average molecular weight is 457 g/mol. The Labute approximate surface area is 186 Å². The maximum absolute atomic E-state index is 13.2.